The highest BCUT2D eigenvalue weighted by atomic mass is 16.5. The standard InChI is InChI=1S/C21H32N4O2/c26-21(25-13-11-24(12-14-25)18-5-1-2-6-18)23-16-17-9-10-20(22-15-17)27-19-7-3-4-8-19/h9-10,15,18-19H,1-8,11-14,16H2,(H,23,26). The van der Waals surface area contributed by atoms with Crippen molar-refractivity contribution in [1.82, 2.24) is 20.1 Å². The monoisotopic (exact) mass is 372 g/mol. The topological polar surface area (TPSA) is 57.7 Å². The number of urea groups is 1. The van der Waals surface area contributed by atoms with Gasteiger partial charge in [0.2, 0.25) is 5.88 Å². The van der Waals surface area contributed by atoms with Crippen LogP contribution in [0.3, 0.4) is 0 Å². The Balaban J connectivity index is 1.19. The Kier molecular flexibility index (Phi) is 6.12. The zero-order valence-corrected chi connectivity index (χ0v) is 16.2. The minimum absolute atomic E-state index is 0.0346. The second-order valence-electron chi connectivity index (χ2n) is 8.15. The second kappa shape index (κ2) is 8.91. The minimum atomic E-state index is 0.0346. The Morgan fingerprint density at radius 2 is 1.74 bits per heavy atom. The molecule has 1 saturated heterocycles. The van der Waals surface area contributed by atoms with Crippen molar-refractivity contribution in [3.63, 3.8) is 0 Å². The van der Waals surface area contributed by atoms with Crippen LogP contribution in [0, 0.1) is 0 Å². The fraction of sp³-hybridized carbons (Fsp3) is 0.714. The number of amides is 2. The molecule has 1 aromatic rings. The molecule has 0 aromatic carbocycles. The number of nitrogens with zero attached hydrogens (tertiary/aromatic N) is 3. The molecule has 6 heteroatoms. The summed E-state index contributed by atoms with van der Waals surface area (Å²) in [6.45, 7) is 4.18. The normalized spacial score (nSPS) is 22.3. The zero-order chi connectivity index (χ0) is 18.5. The Morgan fingerprint density at radius 3 is 2.41 bits per heavy atom. The molecule has 2 heterocycles. The van der Waals surface area contributed by atoms with Gasteiger partial charge in [0.25, 0.3) is 0 Å². The second-order valence-corrected chi connectivity index (χ2v) is 8.15. The highest BCUT2D eigenvalue weighted by Gasteiger charge is 2.27. The summed E-state index contributed by atoms with van der Waals surface area (Å²) < 4.78 is 5.89. The number of nitrogens with one attached hydrogen (secondary N) is 1. The highest BCUT2D eigenvalue weighted by Crippen LogP contribution is 2.24. The van der Waals surface area contributed by atoms with E-state index in [1.165, 1.54) is 38.5 Å². The molecule has 1 aromatic heterocycles. The maximum Gasteiger partial charge on any atom is 0.317 e. The average Bonchev–Trinajstić information content (AvgIpc) is 3.42. The van der Waals surface area contributed by atoms with E-state index in [4.69, 9.17) is 4.74 Å². The largest absolute Gasteiger partial charge is 0.474 e. The van der Waals surface area contributed by atoms with Crippen molar-refractivity contribution in [2.75, 3.05) is 26.2 Å². The molecule has 6 nitrogen and oxygen atoms in total. The number of carbonyl (C=O) groups is 1. The van der Waals surface area contributed by atoms with Gasteiger partial charge in [0.05, 0.1) is 0 Å². The molecular weight excluding hydrogens is 340 g/mol. The van der Waals surface area contributed by atoms with Crippen LogP contribution >= 0.6 is 0 Å². The van der Waals surface area contributed by atoms with E-state index in [1.54, 1.807) is 0 Å². The van der Waals surface area contributed by atoms with Crippen LogP contribution in [-0.4, -0.2) is 59.1 Å². The van der Waals surface area contributed by atoms with Crippen LogP contribution in [0.4, 0.5) is 4.79 Å². The van der Waals surface area contributed by atoms with E-state index in [9.17, 15) is 4.79 Å². The predicted molar refractivity (Wildman–Crippen MR) is 105 cm³/mol. The highest BCUT2D eigenvalue weighted by molar-refractivity contribution is 5.74. The Morgan fingerprint density at radius 1 is 1.04 bits per heavy atom. The van der Waals surface area contributed by atoms with Crippen molar-refractivity contribution in [3.05, 3.63) is 23.9 Å². The first-order valence-electron chi connectivity index (χ1n) is 10.7. The third-order valence-electron chi connectivity index (χ3n) is 6.27. The number of hydrogen-bond donors (Lipinski definition) is 1. The molecule has 0 spiro atoms. The molecule has 148 valence electrons. The summed E-state index contributed by atoms with van der Waals surface area (Å²) in [5, 5.41) is 3.03. The molecule has 0 bridgehead atoms. The quantitative estimate of drug-likeness (QED) is 0.862. The van der Waals surface area contributed by atoms with E-state index >= 15 is 0 Å². The average molecular weight is 373 g/mol. The lowest BCUT2D eigenvalue weighted by molar-refractivity contribution is 0.109. The maximum absolute atomic E-state index is 12.4. The molecule has 2 amide bonds. The van der Waals surface area contributed by atoms with E-state index in [0.717, 1.165) is 50.6 Å². The SMILES string of the molecule is O=C(NCc1ccc(OC2CCCC2)nc1)N1CCN(C2CCCC2)CC1. The first-order chi connectivity index (χ1) is 13.3. The first kappa shape index (κ1) is 18.5. The van der Waals surface area contributed by atoms with Crippen molar-refractivity contribution in [3.8, 4) is 5.88 Å². The Labute approximate surface area is 162 Å². The van der Waals surface area contributed by atoms with Crippen molar-refractivity contribution in [1.29, 1.82) is 0 Å². The lowest BCUT2D eigenvalue weighted by Crippen LogP contribution is -2.53. The van der Waals surface area contributed by atoms with Crippen LogP contribution in [0.1, 0.15) is 56.9 Å². The van der Waals surface area contributed by atoms with Gasteiger partial charge in [0.15, 0.2) is 0 Å². The fourth-order valence-corrected chi connectivity index (χ4v) is 4.61. The molecule has 1 aliphatic heterocycles. The minimum Gasteiger partial charge on any atom is -0.474 e. The van der Waals surface area contributed by atoms with Crippen molar-refractivity contribution in [2.45, 2.75) is 70.1 Å². The van der Waals surface area contributed by atoms with Gasteiger partial charge in [-0.1, -0.05) is 18.9 Å². The van der Waals surface area contributed by atoms with Gasteiger partial charge in [0.1, 0.15) is 6.10 Å². The molecule has 2 saturated carbocycles. The molecule has 3 aliphatic rings. The van der Waals surface area contributed by atoms with Gasteiger partial charge in [-0.05, 0) is 44.1 Å². The summed E-state index contributed by atoms with van der Waals surface area (Å²) in [5.41, 5.74) is 1.01. The van der Waals surface area contributed by atoms with Crippen molar-refractivity contribution < 1.29 is 9.53 Å². The predicted octanol–water partition coefficient (Wildman–Crippen LogP) is 3.17. The maximum atomic E-state index is 12.4. The van der Waals surface area contributed by atoms with Gasteiger partial charge in [0, 0.05) is 51.0 Å². The molecular formula is C21H32N4O2. The van der Waals surface area contributed by atoms with Crippen LogP contribution in [-0.2, 0) is 6.54 Å². The van der Waals surface area contributed by atoms with E-state index in [2.05, 4.69) is 15.2 Å². The van der Waals surface area contributed by atoms with E-state index < -0.39 is 0 Å². The number of hydrogen-bond acceptors (Lipinski definition) is 4. The molecule has 1 N–H and O–H groups in total. The molecule has 0 atom stereocenters. The third-order valence-corrected chi connectivity index (χ3v) is 6.27. The van der Waals surface area contributed by atoms with Crippen LogP contribution in [0.5, 0.6) is 5.88 Å². The van der Waals surface area contributed by atoms with Crippen molar-refractivity contribution >= 4 is 6.03 Å². The fourth-order valence-electron chi connectivity index (χ4n) is 4.61. The summed E-state index contributed by atoms with van der Waals surface area (Å²) in [4.78, 5) is 21.4. The van der Waals surface area contributed by atoms with E-state index in [1.807, 2.05) is 23.2 Å². The summed E-state index contributed by atoms with van der Waals surface area (Å²) in [5.74, 6) is 0.694. The van der Waals surface area contributed by atoms with E-state index in [-0.39, 0.29) is 6.03 Å². The molecule has 0 unspecified atom stereocenters. The summed E-state index contributed by atoms with van der Waals surface area (Å²) in [6, 6.07) is 4.70. The Hall–Kier alpha value is -1.82. The van der Waals surface area contributed by atoms with Gasteiger partial charge >= 0.3 is 6.03 Å². The van der Waals surface area contributed by atoms with Gasteiger partial charge in [-0.25, -0.2) is 9.78 Å². The summed E-state index contributed by atoms with van der Waals surface area (Å²) in [7, 11) is 0. The zero-order valence-electron chi connectivity index (χ0n) is 16.2. The smallest absolute Gasteiger partial charge is 0.317 e. The van der Waals surface area contributed by atoms with Crippen LogP contribution in [0.15, 0.2) is 18.3 Å². The van der Waals surface area contributed by atoms with Crippen molar-refractivity contribution in [2.24, 2.45) is 0 Å². The van der Waals surface area contributed by atoms with Gasteiger partial charge in [-0.2, -0.15) is 0 Å². The summed E-state index contributed by atoms with van der Waals surface area (Å²) in [6.07, 6.45) is 12.3. The molecule has 2 aliphatic carbocycles. The number of aromatic nitrogens is 1. The molecule has 4 rings (SSSR count). The number of pyridine rings is 1. The van der Waals surface area contributed by atoms with Gasteiger partial charge in [-0.3, -0.25) is 4.90 Å². The molecule has 0 radical (unpaired) electrons. The third kappa shape index (κ3) is 4.92. The van der Waals surface area contributed by atoms with Gasteiger partial charge in [-0.15, -0.1) is 0 Å². The molecule has 3 fully saturated rings. The van der Waals surface area contributed by atoms with Gasteiger partial charge < -0.3 is 15.0 Å². The number of piperazine rings is 1. The number of ether oxygens (including phenoxy) is 1. The number of carbonyl (C=O) groups excluding carboxylic acids is 1. The lowest BCUT2D eigenvalue weighted by Gasteiger charge is -2.38. The summed E-state index contributed by atoms with van der Waals surface area (Å²) >= 11 is 0. The van der Waals surface area contributed by atoms with E-state index in [0.29, 0.717) is 18.5 Å². The molecule has 27 heavy (non-hydrogen) atoms. The van der Waals surface area contributed by atoms with Crippen LogP contribution < -0.4 is 10.1 Å². The number of rotatable bonds is 5. The lowest BCUT2D eigenvalue weighted by atomic mass is 10.2. The Bertz CT molecular complexity index is 601. The van der Waals surface area contributed by atoms with Crippen LogP contribution in [0.25, 0.3) is 0 Å². The first-order valence-corrected chi connectivity index (χ1v) is 10.7. The van der Waals surface area contributed by atoms with Crippen LogP contribution in [0.2, 0.25) is 0 Å².